The van der Waals surface area contributed by atoms with Gasteiger partial charge < -0.3 is 5.32 Å². The summed E-state index contributed by atoms with van der Waals surface area (Å²) in [6, 6.07) is 0. The normalized spacial score (nSPS) is 10.9. The van der Waals surface area contributed by atoms with Crippen molar-refractivity contribution in [2.75, 3.05) is 6.54 Å². The molecule has 0 bridgehead atoms. The Morgan fingerprint density at radius 3 is 3.00 bits per heavy atom. The molecule has 2 aromatic rings. The molecule has 0 aromatic carbocycles. The van der Waals surface area contributed by atoms with E-state index in [-0.39, 0.29) is 0 Å². The van der Waals surface area contributed by atoms with Crippen LogP contribution in [0.5, 0.6) is 0 Å². The third-order valence-corrected chi connectivity index (χ3v) is 2.25. The van der Waals surface area contributed by atoms with Crippen LogP contribution < -0.4 is 5.32 Å². The Bertz CT molecular complexity index is 459. The van der Waals surface area contributed by atoms with Crippen LogP contribution in [0.1, 0.15) is 25.0 Å². The van der Waals surface area contributed by atoms with Gasteiger partial charge in [-0.1, -0.05) is 6.92 Å². The molecule has 0 aliphatic heterocycles. The largest absolute Gasteiger partial charge is 0.310 e. The van der Waals surface area contributed by atoms with E-state index in [0.717, 1.165) is 18.8 Å². The molecule has 8 heteroatoms. The molecule has 92 valence electrons. The molecule has 1 N–H and O–H groups in total. The van der Waals surface area contributed by atoms with Crippen molar-refractivity contribution in [1.29, 1.82) is 0 Å². The standard InChI is InChI=1S/C9H16N8/c1-3-4-10-5-9-11-7-12-17(9)6-8-13-15-16(2)14-8/h7,10H,3-6H2,1-2H3. The van der Waals surface area contributed by atoms with Crippen LogP contribution in [-0.4, -0.2) is 41.5 Å². The fourth-order valence-electron chi connectivity index (χ4n) is 1.45. The lowest BCUT2D eigenvalue weighted by Gasteiger charge is -2.04. The van der Waals surface area contributed by atoms with Crippen LogP contribution in [0, 0.1) is 0 Å². The van der Waals surface area contributed by atoms with E-state index >= 15 is 0 Å². The van der Waals surface area contributed by atoms with Crippen molar-refractivity contribution in [2.45, 2.75) is 26.4 Å². The third-order valence-electron chi connectivity index (χ3n) is 2.25. The molecule has 0 fully saturated rings. The van der Waals surface area contributed by atoms with Crippen molar-refractivity contribution in [3.8, 4) is 0 Å². The van der Waals surface area contributed by atoms with E-state index in [0.29, 0.717) is 18.9 Å². The van der Waals surface area contributed by atoms with Gasteiger partial charge in [-0.25, -0.2) is 9.67 Å². The molecule has 0 aliphatic carbocycles. The summed E-state index contributed by atoms with van der Waals surface area (Å²) in [6.07, 6.45) is 2.64. The van der Waals surface area contributed by atoms with E-state index in [1.54, 1.807) is 18.1 Å². The third kappa shape index (κ3) is 3.06. The Balaban J connectivity index is 1.98. The summed E-state index contributed by atoms with van der Waals surface area (Å²) < 4.78 is 1.78. The van der Waals surface area contributed by atoms with Crippen molar-refractivity contribution in [2.24, 2.45) is 7.05 Å². The molecule has 0 atom stereocenters. The van der Waals surface area contributed by atoms with Crippen molar-refractivity contribution in [3.63, 3.8) is 0 Å². The quantitative estimate of drug-likeness (QED) is 0.671. The fourth-order valence-corrected chi connectivity index (χ4v) is 1.45. The van der Waals surface area contributed by atoms with Crippen LogP contribution in [0.25, 0.3) is 0 Å². The highest BCUT2D eigenvalue weighted by molar-refractivity contribution is 4.88. The number of aryl methyl sites for hydroxylation is 1. The first-order valence-corrected chi connectivity index (χ1v) is 5.60. The molecule has 0 saturated heterocycles. The van der Waals surface area contributed by atoms with Crippen LogP contribution in [0.4, 0.5) is 0 Å². The van der Waals surface area contributed by atoms with Gasteiger partial charge in [0, 0.05) is 0 Å². The van der Waals surface area contributed by atoms with Gasteiger partial charge in [0.05, 0.1) is 13.6 Å². The average Bonchev–Trinajstić information content (AvgIpc) is 2.90. The van der Waals surface area contributed by atoms with Gasteiger partial charge >= 0.3 is 0 Å². The van der Waals surface area contributed by atoms with Gasteiger partial charge in [0.15, 0.2) is 5.82 Å². The lowest BCUT2D eigenvalue weighted by atomic mass is 10.4. The molecular formula is C9H16N8. The second-order valence-electron chi connectivity index (χ2n) is 3.71. The zero-order valence-electron chi connectivity index (χ0n) is 10.0. The Morgan fingerprint density at radius 1 is 1.41 bits per heavy atom. The van der Waals surface area contributed by atoms with E-state index in [4.69, 9.17) is 0 Å². The van der Waals surface area contributed by atoms with Crippen LogP contribution in [0.3, 0.4) is 0 Å². The summed E-state index contributed by atoms with van der Waals surface area (Å²) in [4.78, 5) is 5.63. The average molecular weight is 236 g/mol. The van der Waals surface area contributed by atoms with Gasteiger partial charge in [0.2, 0.25) is 0 Å². The minimum Gasteiger partial charge on any atom is -0.310 e. The highest BCUT2D eigenvalue weighted by atomic mass is 15.6. The highest BCUT2D eigenvalue weighted by Crippen LogP contribution is 1.97. The van der Waals surface area contributed by atoms with Crippen molar-refractivity contribution >= 4 is 0 Å². The van der Waals surface area contributed by atoms with Gasteiger partial charge in [-0.2, -0.15) is 9.90 Å². The number of tetrazole rings is 1. The molecular weight excluding hydrogens is 220 g/mol. The summed E-state index contributed by atoms with van der Waals surface area (Å²) in [5, 5.41) is 19.2. The van der Waals surface area contributed by atoms with Crippen molar-refractivity contribution in [3.05, 3.63) is 18.0 Å². The van der Waals surface area contributed by atoms with Crippen molar-refractivity contribution in [1.82, 2.24) is 40.3 Å². The van der Waals surface area contributed by atoms with E-state index in [1.807, 2.05) is 0 Å². The Labute approximate surface area is 99.0 Å². The summed E-state index contributed by atoms with van der Waals surface area (Å²) >= 11 is 0. The first-order valence-electron chi connectivity index (χ1n) is 5.60. The molecule has 0 amide bonds. The molecule has 0 spiro atoms. The SMILES string of the molecule is CCCNCc1ncnn1Cc1nnn(C)n1. The van der Waals surface area contributed by atoms with Gasteiger partial charge in [0.1, 0.15) is 18.7 Å². The highest BCUT2D eigenvalue weighted by Gasteiger charge is 2.07. The monoisotopic (exact) mass is 236 g/mol. The number of rotatable bonds is 6. The molecule has 0 aliphatic rings. The van der Waals surface area contributed by atoms with Crippen LogP contribution >= 0.6 is 0 Å². The van der Waals surface area contributed by atoms with Crippen molar-refractivity contribution < 1.29 is 0 Å². The minimum atomic E-state index is 0.497. The second-order valence-corrected chi connectivity index (χ2v) is 3.71. The smallest absolute Gasteiger partial charge is 0.196 e. The molecule has 2 rings (SSSR count). The van der Waals surface area contributed by atoms with E-state index in [2.05, 4.69) is 37.7 Å². The maximum absolute atomic E-state index is 4.20. The molecule has 2 aromatic heterocycles. The summed E-state index contributed by atoms with van der Waals surface area (Å²) in [5.41, 5.74) is 0. The number of hydrogen-bond acceptors (Lipinski definition) is 6. The predicted molar refractivity (Wildman–Crippen MR) is 59.9 cm³/mol. The van der Waals surface area contributed by atoms with Crippen LogP contribution in [-0.2, 0) is 20.1 Å². The lowest BCUT2D eigenvalue weighted by Crippen LogP contribution is -2.19. The molecule has 8 nitrogen and oxygen atoms in total. The summed E-state index contributed by atoms with van der Waals surface area (Å²) in [7, 11) is 1.74. The van der Waals surface area contributed by atoms with E-state index < -0.39 is 0 Å². The van der Waals surface area contributed by atoms with Gasteiger partial charge in [-0.15, -0.1) is 10.2 Å². The first-order chi connectivity index (χ1) is 8.29. The van der Waals surface area contributed by atoms with Crippen LogP contribution in [0.15, 0.2) is 6.33 Å². The predicted octanol–water partition coefficient (Wildman–Crippen LogP) is -0.650. The van der Waals surface area contributed by atoms with Crippen LogP contribution in [0.2, 0.25) is 0 Å². The zero-order chi connectivity index (χ0) is 12.1. The molecule has 2 heterocycles. The summed E-state index contributed by atoms with van der Waals surface area (Å²) in [6.45, 7) is 4.29. The molecule has 17 heavy (non-hydrogen) atoms. The second kappa shape index (κ2) is 5.48. The number of nitrogens with zero attached hydrogens (tertiary/aromatic N) is 7. The summed E-state index contributed by atoms with van der Waals surface area (Å²) in [5.74, 6) is 1.51. The van der Waals surface area contributed by atoms with E-state index in [1.165, 1.54) is 4.80 Å². The van der Waals surface area contributed by atoms with E-state index in [9.17, 15) is 0 Å². The number of aromatic nitrogens is 7. The Hall–Kier alpha value is -1.83. The minimum absolute atomic E-state index is 0.497. The zero-order valence-corrected chi connectivity index (χ0v) is 10.0. The topological polar surface area (TPSA) is 86.3 Å². The van der Waals surface area contributed by atoms with Gasteiger partial charge in [-0.3, -0.25) is 0 Å². The maximum atomic E-state index is 4.20. The fraction of sp³-hybridized carbons (Fsp3) is 0.667. The first kappa shape index (κ1) is 11.6. The molecule has 0 radical (unpaired) electrons. The maximum Gasteiger partial charge on any atom is 0.196 e. The molecule has 0 unspecified atom stereocenters. The van der Waals surface area contributed by atoms with Gasteiger partial charge in [0.25, 0.3) is 0 Å². The number of hydrogen-bond donors (Lipinski definition) is 1. The lowest BCUT2D eigenvalue weighted by molar-refractivity contribution is 0.567. The Morgan fingerprint density at radius 2 is 2.29 bits per heavy atom. The molecule has 0 saturated carbocycles. The van der Waals surface area contributed by atoms with Gasteiger partial charge in [-0.05, 0) is 18.2 Å². The Kier molecular flexibility index (Phi) is 3.76. The number of nitrogens with one attached hydrogen (secondary N) is 1.